The Kier molecular flexibility index (Phi) is 6.93. The predicted molar refractivity (Wildman–Crippen MR) is 114 cm³/mol. The van der Waals surface area contributed by atoms with Gasteiger partial charge in [-0.05, 0) is 71.6 Å². The first kappa shape index (κ1) is 21.5. The minimum atomic E-state index is -0.579. The van der Waals surface area contributed by atoms with Gasteiger partial charge in [-0.2, -0.15) is 0 Å². The quantitative estimate of drug-likeness (QED) is 0.766. The normalized spacial score (nSPS) is 33.0. The summed E-state index contributed by atoms with van der Waals surface area (Å²) in [7, 11) is 0. The maximum atomic E-state index is 10.6. The third-order valence-corrected chi connectivity index (χ3v) is 7.59. The molecule has 2 aliphatic heterocycles. The van der Waals surface area contributed by atoms with Gasteiger partial charge in [0, 0.05) is 56.9 Å². The summed E-state index contributed by atoms with van der Waals surface area (Å²) in [6, 6.07) is 2.65. The first-order valence-electron chi connectivity index (χ1n) is 11.6. The number of nitrogens with zero attached hydrogens (tertiary/aromatic N) is 3. The average Bonchev–Trinajstić information content (AvgIpc) is 2.52. The molecule has 4 nitrogen and oxygen atoms in total. The van der Waals surface area contributed by atoms with E-state index in [2.05, 4.69) is 42.4 Å². The second-order valence-corrected chi connectivity index (χ2v) is 10.9. The molecule has 2 saturated heterocycles. The van der Waals surface area contributed by atoms with Crippen LogP contribution in [0, 0.1) is 11.8 Å². The largest absolute Gasteiger partial charge is 0.390 e. The van der Waals surface area contributed by atoms with Gasteiger partial charge in [0.2, 0.25) is 0 Å². The number of piperazine rings is 1. The maximum absolute atomic E-state index is 10.6. The van der Waals surface area contributed by atoms with Gasteiger partial charge in [-0.25, -0.2) is 0 Å². The number of likely N-dealkylation sites (tertiary alicyclic amines) is 1. The van der Waals surface area contributed by atoms with Gasteiger partial charge in [0.05, 0.1) is 5.60 Å². The average molecular weight is 380 g/mol. The van der Waals surface area contributed by atoms with Crippen molar-refractivity contribution >= 4 is 0 Å². The molecular weight excluding hydrogens is 334 g/mol. The second-order valence-electron chi connectivity index (χ2n) is 10.9. The lowest BCUT2D eigenvalue weighted by Crippen LogP contribution is -2.67. The summed E-state index contributed by atoms with van der Waals surface area (Å²) in [5.41, 5.74) is -0.579. The first-order chi connectivity index (χ1) is 12.6. The monoisotopic (exact) mass is 379 g/mol. The van der Waals surface area contributed by atoms with Crippen LogP contribution in [0.4, 0.5) is 0 Å². The van der Waals surface area contributed by atoms with Crippen LogP contribution < -0.4 is 0 Å². The minimum absolute atomic E-state index is 0.507. The fourth-order valence-corrected chi connectivity index (χ4v) is 5.70. The van der Waals surface area contributed by atoms with Crippen molar-refractivity contribution in [2.24, 2.45) is 11.8 Å². The molecule has 0 spiro atoms. The number of hydrogen-bond donors (Lipinski definition) is 1. The summed E-state index contributed by atoms with van der Waals surface area (Å²) < 4.78 is 0. The van der Waals surface area contributed by atoms with Gasteiger partial charge in [-0.1, -0.05) is 13.8 Å². The smallest absolute Gasteiger partial charge is 0.0607 e. The number of rotatable bonds is 6. The highest BCUT2D eigenvalue weighted by Crippen LogP contribution is 2.35. The van der Waals surface area contributed by atoms with Gasteiger partial charge < -0.3 is 5.11 Å². The van der Waals surface area contributed by atoms with E-state index in [1.54, 1.807) is 0 Å². The van der Waals surface area contributed by atoms with Gasteiger partial charge in [0.1, 0.15) is 0 Å². The van der Waals surface area contributed by atoms with Crippen molar-refractivity contribution in [3.8, 4) is 0 Å². The third kappa shape index (κ3) is 5.46. The highest BCUT2D eigenvalue weighted by molar-refractivity contribution is 4.97. The molecule has 0 bridgehead atoms. The Morgan fingerprint density at radius 2 is 1.52 bits per heavy atom. The predicted octanol–water partition coefficient (Wildman–Crippen LogP) is 3.44. The summed E-state index contributed by atoms with van der Waals surface area (Å²) in [4.78, 5) is 8.10. The Bertz CT molecular complexity index is 459. The Morgan fingerprint density at radius 1 is 0.889 bits per heavy atom. The van der Waals surface area contributed by atoms with Crippen molar-refractivity contribution in [2.75, 3.05) is 32.7 Å². The van der Waals surface area contributed by atoms with Gasteiger partial charge in [-0.3, -0.25) is 14.7 Å². The SMILES string of the molecule is CC(C)C1CCC(N2CCN(C3CN(C(C)C)C3)C[C@H]2CC(C)(C)O)CC1. The molecule has 3 fully saturated rings. The molecule has 0 amide bonds. The molecule has 2 heterocycles. The molecule has 1 saturated carbocycles. The third-order valence-electron chi connectivity index (χ3n) is 7.59. The van der Waals surface area contributed by atoms with E-state index in [0.29, 0.717) is 12.1 Å². The molecule has 4 heteroatoms. The van der Waals surface area contributed by atoms with Crippen LogP contribution >= 0.6 is 0 Å². The summed E-state index contributed by atoms with van der Waals surface area (Å²) in [5.74, 6) is 1.75. The van der Waals surface area contributed by atoms with Crippen molar-refractivity contribution in [3.05, 3.63) is 0 Å². The van der Waals surface area contributed by atoms with E-state index in [4.69, 9.17) is 0 Å². The van der Waals surface area contributed by atoms with Crippen molar-refractivity contribution in [1.82, 2.24) is 14.7 Å². The Labute approximate surface area is 168 Å². The first-order valence-corrected chi connectivity index (χ1v) is 11.6. The van der Waals surface area contributed by atoms with Crippen LogP contribution in [0.5, 0.6) is 0 Å². The van der Waals surface area contributed by atoms with Crippen LogP contribution in [0.2, 0.25) is 0 Å². The number of aliphatic hydroxyl groups is 1. The number of hydrogen-bond acceptors (Lipinski definition) is 4. The molecule has 0 aromatic heterocycles. The lowest BCUT2D eigenvalue weighted by molar-refractivity contribution is -0.0635. The molecule has 27 heavy (non-hydrogen) atoms. The summed E-state index contributed by atoms with van der Waals surface area (Å²) in [6.07, 6.45) is 6.40. The zero-order chi connectivity index (χ0) is 19.8. The molecule has 0 aromatic rings. The van der Waals surface area contributed by atoms with Crippen LogP contribution in [0.25, 0.3) is 0 Å². The van der Waals surface area contributed by atoms with Gasteiger partial charge >= 0.3 is 0 Å². The highest BCUT2D eigenvalue weighted by atomic mass is 16.3. The van der Waals surface area contributed by atoms with Crippen molar-refractivity contribution in [1.29, 1.82) is 0 Å². The second kappa shape index (κ2) is 8.69. The molecule has 1 N–H and O–H groups in total. The van der Waals surface area contributed by atoms with Crippen LogP contribution in [-0.2, 0) is 0 Å². The van der Waals surface area contributed by atoms with Crippen LogP contribution in [0.3, 0.4) is 0 Å². The molecule has 158 valence electrons. The molecule has 0 unspecified atom stereocenters. The van der Waals surface area contributed by atoms with Gasteiger partial charge in [-0.15, -0.1) is 0 Å². The molecular formula is C23H45N3O. The van der Waals surface area contributed by atoms with Gasteiger partial charge in [0.25, 0.3) is 0 Å². The summed E-state index contributed by atoms with van der Waals surface area (Å²) in [5, 5.41) is 10.6. The lowest BCUT2D eigenvalue weighted by atomic mass is 9.78. The van der Waals surface area contributed by atoms with Crippen LogP contribution in [0.1, 0.15) is 73.6 Å². The van der Waals surface area contributed by atoms with Crippen LogP contribution in [-0.4, -0.2) is 82.3 Å². The van der Waals surface area contributed by atoms with E-state index in [0.717, 1.165) is 36.9 Å². The Hall–Kier alpha value is -0.160. The molecule has 1 aliphatic carbocycles. The zero-order valence-corrected chi connectivity index (χ0v) is 18.8. The standard InChI is InChI=1S/C23H45N3O/c1-17(2)19-7-9-20(10-8-19)26-12-11-24(14-21(26)13-23(5,6)27)22-15-25(16-22)18(3)4/h17-22,27H,7-16H2,1-6H3/t19?,20?,21-/m1/s1. The highest BCUT2D eigenvalue weighted by Gasteiger charge is 2.41. The zero-order valence-electron chi connectivity index (χ0n) is 18.8. The van der Waals surface area contributed by atoms with Crippen molar-refractivity contribution in [3.63, 3.8) is 0 Å². The van der Waals surface area contributed by atoms with Crippen molar-refractivity contribution in [2.45, 2.75) is 103 Å². The van der Waals surface area contributed by atoms with Crippen LogP contribution in [0.15, 0.2) is 0 Å². The topological polar surface area (TPSA) is 30.0 Å². The molecule has 3 rings (SSSR count). The van der Waals surface area contributed by atoms with E-state index >= 15 is 0 Å². The maximum Gasteiger partial charge on any atom is 0.0607 e. The van der Waals surface area contributed by atoms with Crippen molar-refractivity contribution < 1.29 is 5.11 Å². The minimum Gasteiger partial charge on any atom is -0.390 e. The summed E-state index contributed by atoms with van der Waals surface area (Å²) in [6.45, 7) is 19.4. The molecule has 0 aromatic carbocycles. The van der Waals surface area contributed by atoms with E-state index in [-0.39, 0.29) is 0 Å². The summed E-state index contributed by atoms with van der Waals surface area (Å²) >= 11 is 0. The molecule has 1 atom stereocenters. The van der Waals surface area contributed by atoms with E-state index in [9.17, 15) is 5.11 Å². The fraction of sp³-hybridized carbons (Fsp3) is 1.00. The van der Waals surface area contributed by atoms with Gasteiger partial charge in [0.15, 0.2) is 0 Å². The molecule has 0 radical (unpaired) electrons. The molecule has 3 aliphatic rings. The van der Waals surface area contributed by atoms with E-state index in [1.807, 2.05) is 13.8 Å². The van der Waals surface area contributed by atoms with E-state index in [1.165, 1.54) is 51.9 Å². The Balaban J connectivity index is 1.59. The Morgan fingerprint density at radius 3 is 2.04 bits per heavy atom. The fourth-order valence-electron chi connectivity index (χ4n) is 5.70. The lowest BCUT2D eigenvalue weighted by Gasteiger charge is -2.54. The van der Waals surface area contributed by atoms with E-state index < -0.39 is 5.60 Å².